The van der Waals surface area contributed by atoms with Gasteiger partial charge in [0.25, 0.3) is 0 Å². The molecular formula is C19H20N2O. The van der Waals surface area contributed by atoms with Crippen molar-refractivity contribution < 1.29 is 4.74 Å². The van der Waals surface area contributed by atoms with Gasteiger partial charge in [0.15, 0.2) is 0 Å². The number of aryl methyl sites for hydroxylation is 1. The van der Waals surface area contributed by atoms with Crippen LogP contribution in [0.25, 0.3) is 5.57 Å². The number of benzene rings is 1. The van der Waals surface area contributed by atoms with Crippen molar-refractivity contribution in [2.45, 2.75) is 26.4 Å². The van der Waals surface area contributed by atoms with Gasteiger partial charge in [-0.1, -0.05) is 23.8 Å². The summed E-state index contributed by atoms with van der Waals surface area (Å²) in [4.78, 5) is 4.56. The number of aromatic nitrogens is 1. The van der Waals surface area contributed by atoms with Crippen LogP contribution in [-0.4, -0.2) is 18.1 Å². The predicted octanol–water partition coefficient (Wildman–Crippen LogP) is 3.47. The van der Waals surface area contributed by atoms with Gasteiger partial charge < -0.3 is 10.1 Å². The predicted molar refractivity (Wildman–Crippen MR) is 87.9 cm³/mol. The van der Waals surface area contributed by atoms with E-state index in [4.69, 9.17) is 4.74 Å². The summed E-state index contributed by atoms with van der Waals surface area (Å²) in [5, 5.41) is 3.45. The van der Waals surface area contributed by atoms with Crippen LogP contribution in [0.15, 0.2) is 42.1 Å². The van der Waals surface area contributed by atoms with Gasteiger partial charge in [-0.25, -0.2) is 0 Å². The van der Waals surface area contributed by atoms with Gasteiger partial charge in [-0.2, -0.15) is 0 Å². The molecule has 0 unspecified atom stereocenters. The van der Waals surface area contributed by atoms with E-state index in [1.807, 2.05) is 12.3 Å². The van der Waals surface area contributed by atoms with Gasteiger partial charge in [-0.15, -0.1) is 0 Å². The van der Waals surface area contributed by atoms with E-state index in [-0.39, 0.29) is 0 Å². The first-order chi connectivity index (χ1) is 10.8. The number of pyridine rings is 1. The summed E-state index contributed by atoms with van der Waals surface area (Å²) < 4.78 is 6.06. The SMILES string of the molecule is Cc1ccc2c(c1)OCc1ncccc1C2=C1CCNCC1. The van der Waals surface area contributed by atoms with Crippen molar-refractivity contribution in [3.05, 3.63) is 64.5 Å². The molecule has 2 aliphatic rings. The molecule has 1 saturated heterocycles. The molecule has 2 aliphatic heterocycles. The lowest BCUT2D eigenvalue weighted by Gasteiger charge is -2.21. The van der Waals surface area contributed by atoms with Crippen molar-refractivity contribution in [2.75, 3.05) is 13.1 Å². The van der Waals surface area contributed by atoms with Crippen LogP contribution in [0, 0.1) is 6.92 Å². The first-order valence-electron chi connectivity index (χ1n) is 7.94. The molecule has 0 atom stereocenters. The number of piperidine rings is 1. The highest BCUT2D eigenvalue weighted by Gasteiger charge is 2.23. The second-order valence-corrected chi connectivity index (χ2v) is 6.01. The lowest BCUT2D eigenvalue weighted by Crippen LogP contribution is -2.24. The van der Waals surface area contributed by atoms with Crippen LogP contribution in [0.4, 0.5) is 0 Å². The number of nitrogens with one attached hydrogen (secondary N) is 1. The maximum atomic E-state index is 6.06. The van der Waals surface area contributed by atoms with E-state index in [0.29, 0.717) is 6.61 Å². The minimum Gasteiger partial charge on any atom is -0.487 e. The molecule has 0 amide bonds. The Morgan fingerprint density at radius 1 is 1.09 bits per heavy atom. The summed E-state index contributed by atoms with van der Waals surface area (Å²) >= 11 is 0. The van der Waals surface area contributed by atoms with Crippen LogP contribution in [0.5, 0.6) is 5.75 Å². The van der Waals surface area contributed by atoms with Gasteiger partial charge in [0.1, 0.15) is 12.4 Å². The Hall–Kier alpha value is -2.13. The number of rotatable bonds is 0. The summed E-state index contributed by atoms with van der Waals surface area (Å²) in [5.74, 6) is 0.985. The molecule has 1 aromatic carbocycles. The Kier molecular flexibility index (Phi) is 3.43. The molecule has 3 heteroatoms. The fourth-order valence-electron chi connectivity index (χ4n) is 3.39. The van der Waals surface area contributed by atoms with Crippen molar-refractivity contribution in [3.63, 3.8) is 0 Å². The second kappa shape index (κ2) is 5.58. The van der Waals surface area contributed by atoms with E-state index < -0.39 is 0 Å². The van der Waals surface area contributed by atoms with Gasteiger partial charge in [-0.05, 0) is 56.1 Å². The molecule has 0 saturated carbocycles. The van der Waals surface area contributed by atoms with Crippen molar-refractivity contribution in [1.82, 2.24) is 10.3 Å². The quantitative estimate of drug-likeness (QED) is 0.807. The summed E-state index contributed by atoms with van der Waals surface area (Å²) in [6, 6.07) is 10.7. The van der Waals surface area contributed by atoms with Crippen LogP contribution in [0.2, 0.25) is 0 Å². The van der Waals surface area contributed by atoms with Gasteiger partial charge in [0, 0.05) is 17.3 Å². The Morgan fingerprint density at radius 2 is 1.95 bits per heavy atom. The molecule has 3 nitrogen and oxygen atoms in total. The highest BCUT2D eigenvalue weighted by molar-refractivity contribution is 5.86. The summed E-state index contributed by atoms with van der Waals surface area (Å²) in [6.07, 6.45) is 4.04. The third-order valence-electron chi connectivity index (χ3n) is 4.49. The molecule has 0 aliphatic carbocycles. The van der Waals surface area contributed by atoms with Crippen LogP contribution in [0.1, 0.15) is 35.2 Å². The third-order valence-corrected chi connectivity index (χ3v) is 4.49. The van der Waals surface area contributed by atoms with Crippen LogP contribution < -0.4 is 10.1 Å². The lowest BCUT2D eigenvalue weighted by molar-refractivity contribution is 0.302. The molecule has 1 N–H and O–H groups in total. The summed E-state index contributed by atoms with van der Waals surface area (Å²) in [5.41, 5.74) is 7.58. The zero-order valence-corrected chi connectivity index (χ0v) is 12.9. The number of nitrogens with zero attached hydrogens (tertiary/aromatic N) is 1. The largest absolute Gasteiger partial charge is 0.487 e. The van der Waals surface area contributed by atoms with Gasteiger partial charge in [0.05, 0.1) is 5.69 Å². The van der Waals surface area contributed by atoms with Crippen molar-refractivity contribution in [3.8, 4) is 5.75 Å². The molecule has 1 aromatic heterocycles. The monoisotopic (exact) mass is 292 g/mol. The third kappa shape index (κ3) is 2.32. The molecule has 3 heterocycles. The Morgan fingerprint density at radius 3 is 2.82 bits per heavy atom. The van der Waals surface area contributed by atoms with E-state index >= 15 is 0 Å². The average molecular weight is 292 g/mol. The lowest BCUT2D eigenvalue weighted by atomic mass is 9.88. The van der Waals surface area contributed by atoms with Crippen LogP contribution in [-0.2, 0) is 6.61 Å². The molecule has 0 spiro atoms. The first-order valence-corrected chi connectivity index (χ1v) is 7.94. The molecule has 0 bridgehead atoms. The molecule has 1 fully saturated rings. The van der Waals surface area contributed by atoms with E-state index in [0.717, 1.165) is 37.4 Å². The maximum absolute atomic E-state index is 6.06. The smallest absolute Gasteiger partial charge is 0.131 e. The number of hydrogen-bond acceptors (Lipinski definition) is 3. The molecular weight excluding hydrogens is 272 g/mol. The molecule has 0 radical (unpaired) electrons. The highest BCUT2D eigenvalue weighted by atomic mass is 16.5. The van der Waals surface area contributed by atoms with E-state index in [2.05, 4.69) is 41.5 Å². The van der Waals surface area contributed by atoms with E-state index in [1.165, 1.54) is 27.8 Å². The zero-order valence-electron chi connectivity index (χ0n) is 12.9. The Bertz CT molecular complexity index is 741. The summed E-state index contributed by atoms with van der Waals surface area (Å²) in [6.45, 7) is 4.76. The zero-order chi connectivity index (χ0) is 14.9. The minimum absolute atomic E-state index is 0.543. The molecule has 2 aromatic rings. The first kappa shape index (κ1) is 13.5. The standard InChI is InChI=1S/C19H20N2O/c1-13-4-5-16-18(11-13)22-12-17-15(3-2-8-21-17)19(16)14-6-9-20-10-7-14/h2-5,8,11,20H,6-7,9-10,12H2,1H3. The summed E-state index contributed by atoms with van der Waals surface area (Å²) in [7, 11) is 0. The fraction of sp³-hybridized carbons (Fsp3) is 0.316. The normalized spacial score (nSPS) is 17.3. The van der Waals surface area contributed by atoms with Crippen LogP contribution >= 0.6 is 0 Å². The van der Waals surface area contributed by atoms with E-state index in [9.17, 15) is 0 Å². The van der Waals surface area contributed by atoms with Gasteiger partial charge >= 0.3 is 0 Å². The second-order valence-electron chi connectivity index (χ2n) is 6.01. The highest BCUT2D eigenvalue weighted by Crippen LogP contribution is 2.40. The Labute approximate surface area is 131 Å². The van der Waals surface area contributed by atoms with Crippen molar-refractivity contribution in [1.29, 1.82) is 0 Å². The fourth-order valence-corrected chi connectivity index (χ4v) is 3.39. The maximum Gasteiger partial charge on any atom is 0.131 e. The van der Waals surface area contributed by atoms with Crippen LogP contribution in [0.3, 0.4) is 0 Å². The van der Waals surface area contributed by atoms with Gasteiger partial charge in [0.2, 0.25) is 0 Å². The molecule has 112 valence electrons. The van der Waals surface area contributed by atoms with E-state index in [1.54, 1.807) is 0 Å². The minimum atomic E-state index is 0.543. The average Bonchev–Trinajstić information content (AvgIpc) is 2.72. The number of ether oxygens (including phenoxy) is 1. The molecule has 4 rings (SSSR count). The number of fused-ring (bicyclic) bond motifs is 2. The number of hydrogen-bond donors (Lipinski definition) is 1. The topological polar surface area (TPSA) is 34.1 Å². The van der Waals surface area contributed by atoms with Crippen molar-refractivity contribution in [2.24, 2.45) is 0 Å². The van der Waals surface area contributed by atoms with Crippen molar-refractivity contribution >= 4 is 5.57 Å². The van der Waals surface area contributed by atoms with Gasteiger partial charge in [-0.3, -0.25) is 4.98 Å². The molecule has 22 heavy (non-hydrogen) atoms. The Balaban J connectivity index is 1.98.